The van der Waals surface area contributed by atoms with Gasteiger partial charge in [-0.1, -0.05) is 256 Å². The molecule has 0 aliphatic heterocycles. The normalized spacial score (nSPS) is 12.9. The molecule has 2 unspecified atom stereocenters. The van der Waals surface area contributed by atoms with Gasteiger partial charge in [0.2, 0.25) is 5.91 Å². The minimum absolute atomic E-state index is 0.0287. The minimum atomic E-state index is -0.859. The number of hydrogen-bond acceptors (Lipinski definition) is 5. The fraction of sp³-hybridized carbons (Fsp3) is 0.862. The van der Waals surface area contributed by atoms with Crippen molar-refractivity contribution >= 4 is 11.9 Å². The van der Waals surface area contributed by atoms with Crippen LogP contribution in [0.4, 0.5) is 0 Å². The van der Waals surface area contributed by atoms with Gasteiger partial charge in [0.05, 0.1) is 25.4 Å². The fourth-order valence-electron chi connectivity index (χ4n) is 8.55. The van der Waals surface area contributed by atoms with Gasteiger partial charge in [0, 0.05) is 12.8 Å². The Kier molecular flexibility index (Phi) is 52.1. The van der Waals surface area contributed by atoms with E-state index in [2.05, 4.69) is 43.5 Å². The van der Waals surface area contributed by atoms with Crippen molar-refractivity contribution in [2.75, 3.05) is 13.2 Å². The second-order valence-corrected chi connectivity index (χ2v) is 19.3. The number of carbonyl (C=O) groups excluding carboxylic acids is 2. The van der Waals surface area contributed by atoms with Crippen LogP contribution < -0.4 is 5.32 Å². The molecule has 3 N–H and O–H groups in total. The lowest BCUT2D eigenvalue weighted by molar-refractivity contribution is -0.143. The lowest BCUT2D eigenvalue weighted by Gasteiger charge is -2.20. The zero-order valence-electron chi connectivity index (χ0n) is 42.8. The number of allylic oxidation sites excluding steroid dienone is 5. The van der Waals surface area contributed by atoms with Crippen LogP contribution in [0.25, 0.3) is 0 Å². The Bertz CT molecular complexity index is 1040. The summed E-state index contributed by atoms with van der Waals surface area (Å²) in [5.41, 5.74) is 0. The van der Waals surface area contributed by atoms with Crippen molar-refractivity contribution in [3.8, 4) is 0 Å². The Balaban J connectivity index is 3.51. The Hall–Kier alpha value is -1.92. The molecule has 0 radical (unpaired) electrons. The average Bonchev–Trinajstić information content (AvgIpc) is 3.29. The zero-order chi connectivity index (χ0) is 46.5. The quantitative estimate of drug-likeness (QED) is 0.0321. The molecule has 0 aromatic rings. The maximum absolute atomic E-state index is 12.5. The van der Waals surface area contributed by atoms with Gasteiger partial charge >= 0.3 is 5.97 Å². The van der Waals surface area contributed by atoms with Crippen LogP contribution in [0.15, 0.2) is 36.5 Å². The van der Waals surface area contributed by atoms with Crippen molar-refractivity contribution in [1.29, 1.82) is 0 Å². The SMILES string of the molecule is CCCCCC/C=C\C/C=C\CCCCCCCC(=O)OCCCCCCCCCCCCCC(=O)NC(CO)C(O)/C=C/CCCCCCCCCCCCCCCCCCCC. The van der Waals surface area contributed by atoms with Crippen LogP contribution in [0.5, 0.6) is 0 Å². The van der Waals surface area contributed by atoms with Crippen LogP contribution in [-0.4, -0.2) is 47.4 Å². The third-order valence-corrected chi connectivity index (χ3v) is 12.9. The first-order valence-corrected chi connectivity index (χ1v) is 28.3. The predicted octanol–water partition coefficient (Wildman–Crippen LogP) is 17.2. The Morgan fingerprint density at radius 3 is 1.20 bits per heavy atom. The van der Waals surface area contributed by atoms with Crippen LogP contribution in [0.3, 0.4) is 0 Å². The number of esters is 1. The first-order chi connectivity index (χ1) is 31.5. The number of nitrogens with one attached hydrogen (secondary N) is 1. The summed E-state index contributed by atoms with van der Waals surface area (Å²) in [5.74, 6) is -0.115. The molecule has 0 heterocycles. The number of ether oxygens (including phenoxy) is 1. The monoisotopic (exact) mass is 900 g/mol. The van der Waals surface area contributed by atoms with Gasteiger partial charge in [-0.2, -0.15) is 0 Å². The van der Waals surface area contributed by atoms with Gasteiger partial charge < -0.3 is 20.3 Å². The number of aliphatic hydroxyl groups excluding tert-OH is 2. The van der Waals surface area contributed by atoms with Crippen LogP contribution >= 0.6 is 0 Å². The first kappa shape index (κ1) is 62.1. The fourth-order valence-corrected chi connectivity index (χ4v) is 8.55. The van der Waals surface area contributed by atoms with E-state index in [0.29, 0.717) is 19.4 Å². The van der Waals surface area contributed by atoms with Crippen molar-refractivity contribution in [2.24, 2.45) is 0 Å². The summed E-state index contributed by atoms with van der Waals surface area (Å²) >= 11 is 0. The number of aliphatic hydroxyl groups is 2. The van der Waals surface area contributed by atoms with E-state index in [9.17, 15) is 19.8 Å². The molecule has 0 aromatic heterocycles. The summed E-state index contributed by atoms with van der Waals surface area (Å²) in [6, 6.07) is -0.644. The van der Waals surface area contributed by atoms with Gasteiger partial charge in [-0.05, 0) is 64.2 Å². The van der Waals surface area contributed by atoms with Gasteiger partial charge in [0.15, 0.2) is 0 Å². The Labute approximate surface area is 398 Å². The second kappa shape index (κ2) is 53.7. The van der Waals surface area contributed by atoms with Crippen molar-refractivity contribution in [1.82, 2.24) is 5.32 Å². The smallest absolute Gasteiger partial charge is 0.305 e. The predicted molar refractivity (Wildman–Crippen MR) is 278 cm³/mol. The summed E-state index contributed by atoms with van der Waals surface area (Å²) < 4.78 is 5.46. The van der Waals surface area contributed by atoms with Crippen molar-refractivity contribution in [2.45, 2.75) is 309 Å². The first-order valence-electron chi connectivity index (χ1n) is 28.3. The summed E-state index contributed by atoms with van der Waals surface area (Å²) in [7, 11) is 0. The number of rotatable bonds is 52. The van der Waals surface area contributed by atoms with Gasteiger partial charge in [-0.3, -0.25) is 9.59 Å². The lowest BCUT2D eigenvalue weighted by Crippen LogP contribution is -2.45. The Morgan fingerprint density at radius 2 is 0.781 bits per heavy atom. The molecule has 0 aromatic carbocycles. The number of amides is 1. The Morgan fingerprint density at radius 1 is 0.438 bits per heavy atom. The van der Waals surface area contributed by atoms with Gasteiger partial charge in [-0.25, -0.2) is 0 Å². The minimum Gasteiger partial charge on any atom is -0.466 e. The van der Waals surface area contributed by atoms with E-state index in [-0.39, 0.29) is 18.5 Å². The molecule has 6 nitrogen and oxygen atoms in total. The van der Waals surface area contributed by atoms with E-state index in [4.69, 9.17) is 4.74 Å². The summed E-state index contributed by atoms with van der Waals surface area (Å²) in [4.78, 5) is 24.5. The molecule has 376 valence electrons. The molecular weight excluding hydrogens is 791 g/mol. The van der Waals surface area contributed by atoms with Gasteiger partial charge in [0.25, 0.3) is 0 Å². The molecule has 0 saturated heterocycles. The van der Waals surface area contributed by atoms with E-state index in [1.165, 1.54) is 199 Å². The summed E-state index contributed by atoms with van der Waals surface area (Å²) in [6.45, 7) is 4.85. The van der Waals surface area contributed by atoms with Crippen LogP contribution in [0, 0.1) is 0 Å². The summed E-state index contributed by atoms with van der Waals surface area (Å²) in [6.07, 6.45) is 65.8. The highest BCUT2D eigenvalue weighted by Crippen LogP contribution is 2.16. The molecule has 0 aliphatic carbocycles. The van der Waals surface area contributed by atoms with Crippen molar-refractivity contribution < 1.29 is 24.5 Å². The van der Waals surface area contributed by atoms with Crippen molar-refractivity contribution in [3.63, 3.8) is 0 Å². The molecule has 0 spiro atoms. The largest absolute Gasteiger partial charge is 0.466 e. The summed E-state index contributed by atoms with van der Waals surface area (Å²) in [5, 5.41) is 23.1. The molecule has 6 heteroatoms. The van der Waals surface area contributed by atoms with E-state index < -0.39 is 12.1 Å². The molecule has 0 fully saturated rings. The second-order valence-electron chi connectivity index (χ2n) is 19.3. The molecule has 0 aliphatic rings. The van der Waals surface area contributed by atoms with Crippen LogP contribution in [0.2, 0.25) is 0 Å². The van der Waals surface area contributed by atoms with Crippen molar-refractivity contribution in [3.05, 3.63) is 36.5 Å². The number of carbonyl (C=O) groups is 2. The molecule has 0 bridgehead atoms. The maximum atomic E-state index is 12.5. The molecule has 0 saturated carbocycles. The standard InChI is InChI=1S/C58H109NO5/c1-3-5-7-9-11-13-15-17-19-21-22-23-24-25-27-30-34-38-42-46-50-56(61)55(54-60)59-57(62)51-47-43-39-35-31-29-33-37-41-45-49-53-64-58(63)52-48-44-40-36-32-28-26-20-18-16-14-12-10-8-6-4-2/h14,16,20,26,46,50,55-56,60-61H,3-13,15,17-19,21-25,27-45,47-49,51-54H2,1-2H3,(H,59,62)/b16-14-,26-20-,50-46+. The third kappa shape index (κ3) is 49.5. The molecule has 2 atom stereocenters. The van der Waals surface area contributed by atoms with Crippen LogP contribution in [-0.2, 0) is 14.3 Å². The van der Waals surface area contributed by atoms with E-state index >= 15 is 0 Å². The highest BCUT2D eigenvalue weighted by molar-refractivity contribution is 5.76. The third-order valence-electron chi connectivity index (χ3n) is 12.9. The molecule has 0 rings (SSSR count). The molecule has 64 heavy (non-hydrogen) atoms. The number of unbranched alkanes of at least 4 members (excludes halogenated alkanes) is 37. The highest BCUT2D eigenvalue weighted by atomic mass is 16.5. The molecular formula is C58H109NO5. The van der Waals surface area contributed by atoms with Gasteiger partial charge in [0.1, 0.15) is 0 Å². The zero-order valence-corrected chi connectivity index (χ0v) is 42.8. The van der Waals surface area contributed by atoms with Gasteiger partial charge in [-0.15, -0.1) is 0 Å². The van der Waals surface area contributed by atoms with Crippen LogP contribution in [0.1, 0.15) is 296 Å². The highest BCUT2D eigenvalue weighted by Gasteiger charge is 2.18. The maximum Gasteiger partial charge on any atom is 0.305 e. The van der Waals surface area contributed by atoms with E-state index in [1.54, 1.807) is 6.08 Å². The topological polar surface area (TPSA) is 95.9 Å². The number of hydrogen-bond donors (Lipinski definition) is 3. The average molecular weight is 901 g/mol. The molecule has 1 amide bonds. The van der Waals surface area contributed by atoms with E-state index in [0.717, 1.165) is 70.6 Å². The lowest BCUT2D eigenvalue weighted by atomic mass is 10.0. The van der Waals surface area contributed by atoms with E-state index in [1.807, 2.05) is 6.08 Å².